The van der Waals surface area contributed by atoms with Crippen molar-refractivity contribution >= 4 is 34.2 Å². The number of unbranched alkanes of at least 4 members (excludes halogenated alkanes) is 2. The molecule has 5 rings (SSSR count). The molecule has 1 aliphatic rings. The topological polar surface area (TPSA) is 59.8 Å². The Balaban J connectivity index is 1.65. The predicted molar refractivity (Wildman–Crippen MR) is 148 cm³/mol. The summed E-state index contributed by atoms with van der Waals surface area (Å²) in [6.45, 7) is 8.64. The van der Waals surface area contributed by atoms with Crippen molar-refractivity contribution in [1.29, 1.82) is 0 Å². The van der Waals surface area contributed by atoms with Gasteiger partial charge in [-0.1, -0.05) is 49.6 Å². The number of aryl methyl sites for hydroxylation is 3. The number of benzene rings is 3. The highest BCUT2D eigenvalue weighted by molar-refractivity contribution is 6.31. The van der Waals surface area contributed by atoms with Crippen molar-refractivity contribution in [2.45, 2.75) is 53.0 Å². The van der Waals surface area contributed by atoms with Crippen LogP contribution < -0.4 is 15.1 Å². The average molecular weight is 516 g/mol. The fourth-order valence-corrected chi connectivity index (χ4v) is 5.00. The maximum Gasteiger partial charge on any atom is 0.295 e. The normalized spacial score (nSPS) is 14.9. The Hall–Kier alpha value is -3.57. The van der Waals surface area contributed by atoms with Crippen LogP contribution in [-0.4, -0.2) is 12.5 Å². The molecule has 6 heteroatoms. The van der Waals surface area contributed by atoms with E-state index in [1.54, 1.807) is 11.0 Å². The van der Waals surface area contributed by atoms with Crippen LogP contribution in [0, 0.1) is 20.8 Å². The summed E-state index contributed by atoms with van der Waals surface area (Å²) in [4.78, 5) is 29.3. The van der Waals surface area contributed by atoms with E-state index in [0.717, 1.165) is 47.3 Å². The molecule has 3 aromatic carbocycles. The lowest BCUT2D eigenvalue weighted by Crippen LogP contribution is -2.29. The summed E-state index contributed by atoms with van der Waals surface area (Å²) in [5.74, 6) is 0.463. The third-order valence-electron chi connectivity index (χ3n) is 7.13. The number of carbonyl (C=O) groups excluding carboxylic acids is 1. The van der Waals surface area contributed by atoms with Gasteiger partial charge in [0.2, 0.25) is 5.76 Å². The number of hydrogen-bond acceptors (Lipinski definition) is 4. The van der Waals surface area contributed by atoms with E-state index in [1.807, 2.05) is 69.3 Å². The molecule has 0 radical (unpaired) electrons. The van der Waals surface area contributed by atoms with Crippen LogP contribution in [0.5, 0.6) is 5.75 Å². The lowest BCUT2D eigenvalue weighted by atomic mass is 9.97. The zero-order valence-electron chi connectivity index (χ0n) is 21.6. The molecule has 37 heavy (non-hydrogen) atoms. The first-order valence-electron chi connectivity index (χ1n) is 12.7. The molecule has 5 nitrogen and oxygen atoms in total. The minimum absolute atomic E-state index is 0.0716. The van der Waals surface area contributed by atoms with Crippen molar-refractivity contribution in [2.75, 3.05) is 11.5 Å². The summed E-state index contributed by atoms with van der Waals surface area (Å²) in [5, 5.41) is 1.02. The predicted octanol–water partition coefficient (Wildman–Crippen LogP) is 7.69. The molecule has 1 aliphatic heterocycles. The van der Waals surface area contributed by atoms with Crippen molar-refractivity contribution < 1.29 is 13.9 Å². The molecule has 0 fully saturated rings. The number of amides is 1. The molecule has 1 atom stereocenters. The minimum Gasteiger partial charge on any atom is -0.494 e. The average Bonchev–Trinajstić information content (AvgIpc) is 3.17. The molecule has 1 unspecified atom stereocenters. The zero-order valence-corrected chi connectivity index (χ0v) is 22.3. The van der Waals surface area contributed by atoms with E-state index in [0.29, 0.717) is 33.8 Å². The van der Waals surface area contributed by atoms with Crippen molar-refractivity contribution in [3.8, 4) is 5.75 Å². The van der Waals surface area contributed by atoms with Crippen LogP contribution in [0.25, 0.3) is 11.0 Å². The van der Waals surface area contributed by atoms with Crippen LogP contribution in [0.1, 0.15) is 70.6 Å². The summed E-state index contributed by atoms with van der Waals surface area (Å²) in [6.07, 6.45) is 3.25. The Morgan fingerprint density at radius 2 is 1.65 bits per heavy atom. The highest BCUT2D eigenvalue weighted by Gasteiger charge is 2.43. The Morgan fingerprint density at radius 3 is 2.35 bits per heavy atom. The van der Waals surface area contributed by atoms with Crippen molar-refractivity contribution in [2.24, 2.45) is 0 Å². The number of nitrogens with zero attached hydrogens (tertiary/aromatic N) is 1. The Kier molecular flexibility index (Phi) is 6.82. The van der Waals surface area contributed by atoms with Crippen molar-refractivity contribution in [1.82, 2.24) is 0 Å². The van der Waals surface area contributed by atoms with E-state index in [-0.39, 0.29) is 17.1 Å². The van der Waals surface area contributed by atoms with Crippen LogP contribution in [0.2, 0.25) is 5.02 Å². The van der Waals surface area contributed by atoms with Crippen molar-refractivity contribution in [3.05, 3.63) is 103 Å². The van der Waals surface area contributed by atoms with E-state index in [2.05, 4.69) is 6.92 Å². The summed E-state index contributed by atoms with van der Waals surface area (Å²) < 4.78 is 12.0. The van der Waals surface area contributed by atoms with Crippen LogP contribution in [0.15, 0.2) is 63.8 Å². The second kappa shape index (κ2) is 10.1. The summed E-state index contributed by atoms with van der Waals surface area (Å²) in [6, 6.07) is 16.1. The smallest absolute Gasteiger partial charge is 0.295 e. The molecule has 1 aromatic heterocycles. The van der Waals surface area contributed by atoms with Gasteiger partial charge in [-0.25, -0.2) is 0 Å². The van der Waals surface area contributed by atoms with Gasteiger partial charge in [-0.3, -0.25) is 14.5 Å². The van der Waals surface area contributed by atoms with Gasteiger partial charge in [-0.05, 0) is 85.8 Å². The van der Waals surface area contributed by atoms with Crippen molar-refractivity contribution in [3.63, 3.8) is 0 Å². The van der Waals surface area contributed by atoms with Crippen LogP contribution in [0.3, 0.4) is 0 Å². The van der Waals surface area contributed by atoms with E-state index >= 15 is 0 Å². The number of ether oxygens (including phenoxy) is 1. The highest BCUT2D eigenvalue weighted by Crippen LogP contribution is 2.42. The lowest BCUT2D eigenvalue weighted by molar-refractivity contribution is 0.0971. The Morgan fingerprint density at radius 1 is 0.919 bits per heavy atom. The van der Waals surface area contributed by atoms with E-state index in [4.69, 9.17) is 20.8 Å². The Bertz CT molecular complexity index is 1550. The summed E-state index contributed by atoms with van der Waals surface area (Å²) in [7, 11) is 0. The number of anilines is 1. The van der Waals surface area contributed by atoms with E-state index in [1.165, 1.54) is 0 Å². The molecule has 0 saturated heterocycles. The van der Waals surface area contributed by atoms with Crippen LogP contribution in [0.4, 0.5) is 5.69 Å². The SMILES string of the molecule is CCCCCOc1ccc(C2c3c(oc4cc(C)c(C)cc4c3=O)C(=O)N2c2ccc(C)c(Cl)c2)cc1. The molecule has 190 valence electrons. The number of fused-ring (bicyclic) bond motifs is 2. The molecule has 0 N–H and O–H groups in total. The minimum atomic E-state index is -0.655. The monoisotopic (exact) mass is 515 g/mol. The van der Waals surface area contributed by atoms with Gasteiger partial charge in [0.15, 0.2) is 5.43 Å². The largest absolute Gasteiger partial charge is 0.494 e. The quantitative estimate of drug-likeness (QED) is 0.237. The third kappa shape index (κ3) is 4.53. The second-order valence-electron chi connectivity index (χ2n) is 9.74. The zero-order chi connectivity index (χ0) is 26.3. The van der Waals surface area contributed by atoms with Gasteiger partial charge in [0.25, 0.3) is 5.91 Å². The third-order valence-corrected chi connectivity index (χ3v) is 7.54. The van der Waals surface area contributed by atoms with Crippen LogP contribution >= 0.6 is 11.6 Å². The highest BCUT2D eigenvalue weighted by atomic mass is 35.5. The number of carbonyl (C=O) groups is 1. The van der Waals surface area contributed by atoms with Crippen LogP contribution in [-0.2, 0) is 0 Å². The molecule has 0 aliphatic carbocycles. The first-order valence-corrected chi connectivity index (χ1v) is 13.1. The first-order chi connectivity index (χ1) is 17.8. The molecule has 4 aromatic rings. The van der Waals surface area contributed by atoms with Gasteiger partial charge < -0.3 is 9.15 Å². The fraction of sp³-hybridized carbons (Fsp3) is 0.290. The molecular formula is C31H30ClNO4. The van der Waals surface area contributed by atoms with E-state index < -0.39 is 6.04 Å². The lowest BCUT2D eigenvalue weighted by Gasteiger charge is -2.26. The Labute approximate surface area is 221 Å². The molecule has 1 amide bonds. The molecular weight excluding hydrogens is 486 g/mol. The van der Waals surface area contributed by atoms with Gasteiger partial charge in [0.1, 0.15) is 11.3 Å². The second-order valence-corrected chi connectivity index (χ2v) is 10.1. The number of hydrogen-bond donors (Lipinski definition) is 0. The molecule has 0 spiro atoms. The maximum atomic E-state index is 13.9. The van der Waals surface area contributed by atoms with Gasteiger partial charge >= 0.3 is 0 Å². The van der Waals surface area contributed by atoms with Gasteiger partial charge in [-0.15, -0.1) is 0 Å². The van der Waals surface area contributed by atoms with E-state index in [9.17, 15) is 9.59 Å². The number of rotatable bonds is 7. The molecule has 0 saturated carbocycles. The fourth-order valence-electron chi connectivity index (χ4n) is 4.83. The number of halogens is 1. The van der Waals surface area contributed by atoms with Gasteiger partial charge in [-0.2, -0.15) is 0 Å². The molecule has 0 bridgehead atoms. The maximum absolute atomic E-state index is 13.9. The van der Waals surface area contributed by atoms with Gasteiger partial charge in [0, 0.05) is 10.7 Å². The van der Waals surface area contributed by atoms with Gasteiger partial charge in [0.05, 0.1) is 23.6 Å². The summed E-state index contributed by atoms with van der Waals surface area (Å²) in [5.41, 5.74) is 4.85. The standard InChI is InChI=1S/C31H30ClNO4/c1-5-6-7-14-36-23-12-9-21(10-13-23)28-27-29(34)24-15-19(3)20(4)16-26(24)37-30(27)31(35)33(28)22-11-8-18(2)25(32)17-22/h8-13,15-17,28H,5-7,14H2,1-4H3. The molecule has 2 heterocycles. The summed E-state index contributed by atoms with van der Waals surface area (Å²) >= 11 is 6.45. The first kappa shape index (κ1) is 25.1.